The summed E-state index contributed by atoms with van der Waals surface area (Å²) in [6, 6.07) is 14.2. The highest BCUT2D eigenvalue weighted by Crippen LogP contribution is 2.26. The van der Waals surface area contributed by atoms with Gasteiger partial charge in [0.1, 0.15) is 0 Å². The van der Waals surface area contributed by atoms with E-state index in [1.807, 2.05) is 24.3 Å². The Morgan fingerprint density at radius 3 is 2.55 bits per heavy atom. The van der Waals surface area contributed by atoms with Crippen LogP contribution in [0.2, 0.25) is 0 Å². The molecule has 1 aliphatic rings. The molecule has 0 spiro atoms. The molecule has 1 aliphatic heterocycles. The minimum atomic E-state index is -0.753. The first-order valence-electron chi connectivity index (χ1n) is 10.4. The van der Waals surface area contributed by atoms with E-state index >= 15 is 0 Å². The van der Waals surface area contributed by atoms with Crippen molar-refractivity contribution in [1.29, 1.82) is 0 Å². The first-order chi connectivity index (χ1) is 15.0. The molecule has 2 aromatic carbocycles. The van der Waals surface area contributed by atoms with Gasteiger partial charge in [0.05, 0.1) is 0 Å². The maximum Gasteiger partial charge on any atom is 0.303 e. The fourth-order valence-electron chi connectivity index (χ4n) is 3.71. The second kappa shape index (κ2) is 10.9. The monoisotopic (exact) mass is 441 g/mol. The number of hydrogen-bond donors (Lipinski definition) is 3. The third-order valence-electron chi connectivity index (χ3n) is 5.13. The number of thiol groups is 1. The van der Waals surface area contributed by atoms with E-state index in [0.29, 0.717) is 6.42 Å². The fraction of sp³-hybridized carbons (Fsp3) is 0.409. The number of carbonyl (C=O) groups is 1. The van der Waals surface area contributed by atoms with Gasteiger partial charge in [-0.05, 0) is 49.9 Å². The number of rotatable bonds is 11. The molecular formula is C22H29N6O2S+. The molecule has 8 nitrogen and oxygen atoms in total. The average Bonchev–Trinajstić information content (AvgIpc) is 3.16. The van der Waals surface area contributed by atoms with Gasteiger partial charge in [0.15, 0.2) is 10.9 Å². The number of carboxylic acids is 1. The van der Waals surface area contributed by atoms with Crippen molar-refractivity contribution in [3.63, 3.8) is 0 Å². The van der Waals surface area contributed by atoms with Crippen molar-refractivity contribution in [3.05, 3.63) is 53.6 Å². The number of nitrogens with one attached hydrogen (secondary N) is 1. The summed E-state index contributed by atoms with van der Waals surface area (Å²) in [5.41, 5.74) is 5.10. The van der Waals surface area contributed by atoms with Gasteiger partial charge >= 0.3 is 11.5 Å². The summed E-state index contributed by atoms with van der Waals surface area (Å²) in [6.07, 6.45) is 1.72. The second-order valence-corrected chi connectivity index (χ2v) is 8.00. The molecule has 9 heteroatoms. The van der Waals surface area contributed by atoms with Crippen molar-refractivity contribution in [2.24, 2.45) is 15.6 Å². The van der Waals surface area contributed by atoms with Crippen LogP contribution in [0, 0.1) is 13.8 Å². The maximum absolute atomic E-state index is 11.0. The van der Waals surface area contributed by atoms with Gasteiger partial charge in [-0.2, -0.15) is 0 Å². The quantitative estimate of drug-likeness (QED) is 0.255. The average molecular weight is 442 g/mol. The number of anilines is 2. The van der Waals surface area contributed by atoms with Gasteiger partial charge in [-0.25, -0.2) is 0 Å². The minimum Gasteiger partial charge on any atom is -0.481 e. The molecule has 164 valence electrons. The SMILES string of the molecule is Cc1cccc(C)c1N(CCCNc1cccc([N+]2=NN=NC2S)c1)CCCC(=O)O. The van der Waals surface area contributed by atoms with Crippen LogP contribution in [-0.2, 0) is 4.79 Å². The molecule has 0 aromatic heterocycles. The molecule has 3 rings (SSSR count). The van der Waals surface area contributed by atoms with Crippen LogP contribution in [-0.4, -0.2) is 40.9 Å². The molecule has 0 radical (unpaired) electrons. The zero-order chi connectivity index (χ0) is 22.2. The van der Waals surface area contributed by atoms with E-state index < -0.39 is 11.5 Å². The van der Waals surface area contributed by atoms with Gasteiger partial charge in [0.25, 0.3) is 0 Å². The van der Waals surface area contributed by atoms with Crippen LogP contribution < -0.4 is 10.2 Å². The molecule has 0 amide bonds. The molecule has 0 aliphatic carbocycles. The molecule has 0 saturated heterocycles. The van der Waals surface area contributed by atoms with Crippen LogP contribution >= 0.6 is 12.6 Å². The lowest BCUT2D eigenvalue weighted by molar-refractivity contribution is -0.515. The number of benzene rings is 2. The van der Waals surface area contributed by atoms with Crippen molar-refractivity contribution in [1.82, 2.24) is 0 Å². The summed E-state index contributed by atoms with van der Waals surface area (Å²) in [6.45, 7) is 6.57. The Hall–Kier alpha value is -2.94. The van der Waals surface area contributed by atoms with Gasteiger partial charge in [0, 0.05) is 48.6 Å². The Morgan fingerprint density at radius 2 is 1.87 bits per heavy atom. The van der Waals surface area contributed by atoms with Crippen molar-refractivity contribution in [2.45, 2.75) is 38.6 Å². The molecular weight excluding hydrogens is 412 g/mol. The van der Waals surface area contributed by atoms with E-state index in [9.17, 15) is 4.79 Å². The Bertz CT molecular complexity index is 958. The van der Waals surface area contributed by atoms with E-state index in [1.54, 1.807) is 4.70 Å². The molecule has 0 bridgehead atoms. The fourth-order valence-corrected chi connectivity index (χ4v) is 3.94. The molecule has 31 heavy (non-hydrogen) atoms. The molecule has 2 N–H and O–H groups in total. The van der Waals surface area contributed by atoms with Crippen LogP contribution in [0.4, 0.5) is 17.1 Å². The predicted molar refractivity (Wildman–Crippen MR) is 125 cm³/mol. The molecule has 0 saturated carbocycles. The normalized spacial score (nSPS) is 15.1. The first-order valence-corrected chi connectivity index (χ1v) is 10.9. The lowest BCUT2D eigenvalue weighted by Crippen LogP contribution is -2.29. The van der Waals surface area contributed by atoms with Crippen molar-refractivity contribution in [2.75, 3.05) is 29.9 Å². The third kappa shape index (κ3) is 6.27. The summed E-state index contributed by atoms with van der Waals surface area (Å²) >= 11 is 4.34. The highest BCUT2D eigenvalue weighted by molar-refractivity contribution is 7.80. The molecule has 2 aromatic rings. The zero-order valence-electron chi connectivity index (χ0n) is 17.9. The van der Waals surface area contributed by atoms with Gasteiger partial charge in [0.2, 0.25) is 5.22 Å². The lowest BCUT2D eigenvalue weighted by atomic mass is 10.1. The number of aryl methyl sites for hydroxylation is 2. The van der Waals surface area contributed by atoms with E-state index in [0.717, 1.165) is 37.4 Å². The van der Waals surface area contributed by atoms with Gasteiger partial charge in [-0.3, -0.25) is 4.79 Å². The van der Waals surface area contributed by atoms with Gasteiger partial charge < -0.3 is 15.3 Å². The van der Waals surface area contributed by atoms with Crippen LogP contribution in [0.25, 0.3) is 0 Å². The van der Waals surface area contributed by atoms with Crippen LogP contribution in [0.3, 0.4) is 0 Å². The summed E-state index contributed by atoms with van der Waals surface area (Å²) < 4.78 is 1.65. The number of carboxylic acid groups (broad SMARTS) is 1. The van der Waals surface area contributed by atoms with Gasteiger partial charge in [-0.15, -0.1) is 12.6 Å². The lowest BCUT2D eigenvalue weighted by Gasteiger charge is -2.28. The van der Waals surface area contributed by atoms with E-state index in [-0.39, 0.29) is 6.42 Å². The second-order valence-electron chi connectivity index (χ2n) is 7.54. The highest BCUT2D eigenvalue weighted by Gasteiger charge is 2.24. The van der Waals surface area contributed by atoms with E-state index in [2.05, 4.69) is 70.5 Å². The number of nitrogens with zero attached hydrogens (tertiary/aromatic N) is 5. The Balaban J connectivity index is 1.59. The first kappa shape index (κ1) is 22.7. The maximum atomic E-state index is 11.0. The molecule has 1 unspecified atom stereocenters. The smallest absolute Gasteiger partial charge is 0.303 e. The van der Waals surface area contributed by atoms with Gasteiger partial charge in [-0.1, -0.05) is 29.0 Å². The Kier molecular flexibility index (Phi) is 8.00. The zero-order valence-corrected chi connectivity index (χ0v) is 18.8. The molecule has 1 atom stereocenters. The Labute approximate surface area is 188 Å². The van der Waals surface area contributed by atoms with Crippen molar-refractivity contribution < 1.29 is 14.6 Å². The van der Waals surface area contributed by atoms with Crippen molar-refractivity contribution in [3.8, 4) is 0 Å². The number of aliphatic carboxylic acids is 1. The van der Waals surface area contributed by atoms with E-state index in [4.69, 9.17) is 5.11 Å². The van der Waals surface area contributed by atoms with Crippen LogP contribution in [0.1, 0.15) is 30.4 Å². The van der Waals surface area contributed by atoms with Crippen LogP contribution in [0.15, 0.2) is 58.0 Å². The summed E-state index contributed by atoms with van der Waals surface area (Å²) in [5, 5.41) is 24.0. The topological polar surface area (TPSA) is 92.7 Å². The highest BCUT2D eigenvalue weighted by atomic mass is 32.1. The number of para-hydroxylation sites is 1. The summed E-state index contributed by atoms with van der Waals surface area (Å²) in [4.78, 5) is 13.3. The third-order valence-corrected chi connectivity index (χ3v) is 5.45. The number of hydrogen-bond acceptors (Lipinski definition) is 7. The minimum absolute atomic E-state index is 0.179. The summed E-state index contributed by atoms with van der Waals surface area (Å²) in [7, 11) is 0. The largest absolute Gasteiger partial charge is 0.481 e. The standard InChI is InChI=1S/C22H28N6O2S/c1-16-7-3-8-17(2)21(16)27(13-5-11-20(29)30)14-6-12-23-18-9-4-10-19(15-18)28-22(31)24-25-26-28/h3-4,7-10,15,22-23H,5-6,11-14H2,1-2H3,(H-,29,30,31)/p+1. The predicted octanol–water partition coefficient (Wildman–Crippen LogP) is 5.17. The molecule has 0 fully saturated rings. The van der Waals surface area contributed by atoms with Crippen molar-refractivity contribution >= 4 is 35.7 Å². The van der Waals surface area contributed by atoms with Crippen LogP contribution in [0.5, 0.6) is 0 Å². The Morgan fingerprint density at radius 1 is 1.16 bits per heavy atom. The molecule has 1 heterocycles. The van der Waals surface area contributed by atoms with E-state index in [1.165, 1.54) is 16.8 Å². The summed E-state index contributed by atoms with van der Waals surface area (Å²) in [5.74, 6) is -0.753.